The minimum Gasteiger partial charge on any atom is -0.360 e. The highest BCUT2D eigenvalue weighted by atomic mass is 15.4. The number of pyridine rings is 1. The first-order valence-corrected chi connectivity index (χ1v) is 6.86. The van der Waals surface area contributed by atoms with Crippen LogP contribution >= 0.6 is 0 Å². The van der Waals surface area contributed by atoms with E-state index in [2.05, 4.69) is 33.4 Å². The molecule has 1 unspecified atom stereocenters. The van der Waals surface area contributed by atoms with Crippen molar-refractivity contribution in [3.8, 4) is 6.07 Å². The number of nitrogens with one attached hydrogen (secondary N) is 1. The lowest BCUT2D eigenvalue weighted by atomic mass is 10.1. The van der Waals surface area contributed by atoms with E-state index in [1.54, 1.807) is 12.3 Å². The van der Waals surface area contributed by atoms with E-state index in [1.807, 2.05) is 10.7 Å². The molecule has 1 aliphatic heterocycles. The van der Waals surface area contributed by atoms with Crippen LogP contribution in [0.2, 0.25) is 0 Å². The van der Waals surface area contributed by atoms with Crippen molar-refractivity contribution in [2.24, 2.45) is 0 Å². The van der Waals surface area contributed by atoms with Crippen LogP contribution < -0.4 is 5.32 Å². The third kappa shape index (κ3) is 2.35. The summed E-state index contributed by atoms with van der Waals surface area (Å²) in [7, 11) is 0. The smallest absolute Gasteiger partial charge is 0.150 e. The molecule has 3 rings (SSSR count). The summed E-state index contributed by atoms with van der Waals surface area (Å²) in [5.41, 5.74) is 0.565. The summed E-state index contributed by atoms with van der Waals surface area (Å²) in [4.78, 5) is 8.84. The molecule has 0 saturated heterocycles. The molecule has 1 atom stereocenters. The summed E-state index contributed by atoms with van der Waals surface area (Å²) >= 11 is 0. The number of nitriles is 1. The summed E-state index contributed by atoms with van der Waals surface area (Å²) in [6.07, 6.45) is 4.52. The van der Waals surface area contributed by atoms with Crippen molar-refractivity contribution >= 4 is 5.82 Å². The maximum Gasteiger partial charge on any atom is 0.150 e. The van der Waals surface area contributed by atoms with Gasteiger partial charge in [0.2, 0.25) is 0 Å². The quantitative estimate of drug-likeness (QED) is 0.921. The molecule has 102 valence electrons. The normalized spacial score (nSPS) is 17.3. The van der Waals surface area contributed by atoms with Gasteiger partial charge < -0.3 is 5.32 Å². The molecule has 1 N–H and O–H groups in total. The Labute approximate surface area is 117 Å². The fourth-order valence-electron chi connectivity index (χ4n) is 2.41. The molecule has 0 amide bonds. The summed E-state index contributed by atoms with van der Waals surface area (Å²) in [5.74, 6) is 2.64. The Kier molecular flexibility index (Phi) is 3.33. The molecule has 6 nitrogen and oxygen atoms in total. The summed E-state index contributed by atoms with van der Waals surface area (Å²) in [5, 5.41) is 16.7. The van der Waals surface area contributed by atoms with Gasteiger partial charge in [-0.05, 0) is 25.0 Å². The van der Waals surface area contributed by atoms with Crippen LogP contribution in [0.15, 0.2) is 18.3 Å². The van der Waals surface area contributed by atoms with E-state index in [0.29, 0.717) is 5.56 Å². The number of aromatic nitrogens is 4. The third-order valence-corrected chi connectivity index (χ3v) is 3.45. The lowest BCUT2D eigenvalue weighted by Gasteiger charge is -2.23. The minimum atomic E-state index is 0.136. The van der Waals surface area contributed by atoms with Crippen molar-refractivity contribution in [3.63, 3.8) is 0 Å². The molecule has 6 heteroatoms. The first-order valence-electron chi connectivity index (χ1n) is 6.86. The highest BCUT2D eigenvalue weighted by molar-refractivity contribution is 5.40. The van der Waals surface area contributed by atoms with Gasteiger partial charge in [-0.3, -0.25) is 0 Å². The molecule has 2 aromatic heterocycles. The van der Waals surface area contributed by atoms with Gasteiger partial charge in [0, 0.05) is 19.2 Å². The van der Waals surface area contributed by atoms with E-state index in [0.717, 1.165) is 43.3 Å². The van der Waals surface area contributed by atoms with Gasteiger partial charge in [0.05, 0.1) is 11.6 Å². The molecular formula is C14H16N6. The standard InChI is InChI=1S/C14H16N6/c1-2-12-18-14-11(4-3-7-20(14)19-12)17-13-6-5-10(8-15)9-16-13/h5-6,9,11H,2-4,7H2,1H3,(H,16,17). The minimum absolute atomic E-state index is 0.136. The van der Waals surface area contributed by atoms with Crippen LogP contribution in [0.3, 0.4) is 0 Å². The van der Waals surface area contributed by atoms with Crippen LogP contribution in [-0.4, -0.2) is 19.7 Å². The average molecular weight is 268 g/mol. The average Bonchev–Trinajstić information content (AvgIpc) is 2.92. The fraction of sp³-hybridized carbons (Fsp3) is 0.429. The van der Waals surface area contributed by atoms with Crippen LogP contribution in [0, 0.1) is 11.3 Å². The van der Waals surface area contributed by atoms with Crippen molar-refractivity contribution < 1.29 is 0 Å². The summed E-state index contributed by atoms with van der Waals surface area (Å²) in [6.45, 7) is 2.99. The second kappa shape index (κ2) is 5.29. The Bertz CT molecular complexity index is 637. The van der Waals surface area contributed by atoms with Gasteiger partial charge in [-0.2, -0.15) is 10.4 Å². The maximum atomic E-state index is 8.78. The fourth-order valence-corrected chi connectivity index (χ4v) is 2.41. The van der Waals surface area contributed by atoms with E-state index in [1.165, 1.54) is 0 Å². The number of anilines is 1. The molecule has 20 heavy (non-hydrogen) atoms. The van der Waals surface area contributed by atoms with Crippen LogP contribution in [0.5, 0.6) is 0 Å². The van der Waals surface area contributed by atoms with E-state index >= 15 is 0 Å². The molecule has 0 radical (unpaired) electrons. The zero-order chi connectivity index (χ0) is 13.9. The number of hydrogen-bond acceptors (Lipinski definition) is 5. The topological polar surface area (TPSA) is 79.4 Å². The molecule has 0 bridgehead atoms. The van der Waals surface area contributed by atoms with E-state index in [4.69, 9.17) is 5.26 Å². The molecule has 0 saturated carbocycles. The largest absolute Gasteiger partial charge is 0.360 e. The Morgan fingerprint density at radius 3 is 3.10 bits per heavy atom. The van der Waals surface area contributed by atoms with Gasteiger partial charge in [0.15, 0.2) is 5.82 Å². The predicted molar refractivity (Wildman–Crippen MR) is 73.9 cm³/mol. The monoisotopic (exact) mass is 268 g/mol. The predicted octanol–water partition coefficient (Wildman–Crippen LogP) is 2.05. The molecule has 3 heterocycles. The second-order valence-electron chi connectivity index (χ2n) is 4.85. The molecule has 0 spiro atoms. The van der Waals surface area contributed by atoms with Crippen LogP contribution in [0.1, 0.15) is 43.0 Å². The van der Waals surface area contributed by atoms with Crippen molar-refractivity contribution in [1.29, 1.82) is 5.26 Å². The number of rotatable bonds is 3. The zero-order valence-electron chi connectivity index (χ0n) is 11.4. The van der Waals surface area contributed by atoms with Crippen LogP contribution in [0.25, 0.3) is 0 Å². The van der Waals surface area contributed by atoms with Crippen molar-refractivity contribution in [2.75, 3.05) is 5.32 Å². The van der Waals surface area contributed by atoms with E-state index < -0.39 is 0 Å². The molecule has 0 fully saturated rings. The Morgan fingerprint density at radius 2 is 2.40 bits per heavy atom. The highest BCUT2D eigenvalue weighted by Crippen LogP contribution is 2.26. The van der Waals surface area contributed by atoms with Crippen LogP contribution in [0.4, 0.5) is 5.82 Å². The van der Waals surface area contributed by atoms with E-state index in [-0.39, 0.29) is 6.04 Å². The maximum absolute atomic E-state index is 8.78. The number of aryl methyl sites for hydroxylation is 2. The lowest BCUT2D eigenvalue weighted by molar-refractivity contribution is 0.436. The second-order valence-corrected chi connectivity index (χ2v) is 4.85. The molecule has 0 aromatic carbocycles. The molecular weight excluding hydrogens is 252 g/mol. The first kappa shape index (κ1) is 12.6. The summed E-state index contributed by atoms with van der Waals surface area (Å²) in [6, 6.07) is 5.80. The summed E-state index contributed by atoms with van der Waals surface area (Å²) < 4.78 is 1.99. The number of nitrogens with zero attached hydrogens (tertiary/aromatic N) is 5. The third-order valence-electron chi connectivity index (χ3n) is 3.45. The molecule has 0 aliphatic carbocycles. The number of fused-ring (bicyclic) bond motifs is 1. The molecule has 1 aliphatic rings. The lowest BCUT2D eigenvalue weighted by Crippen LogP contribution is -2.23. The van der Waals surface area contributed by atoms with Crippen molar-refractivity contribution in [1.82, 2.24) is 19.7 Å². The van der Waals surface area contributed by atoms with Gasteiger partial charge >= 0.3 is 0 Å². The first-order chi connectivity index (χ1) is 9.80. The van der Waals surface area contributed by atoms with Crippen molar-refractivity contribution in [2.45, 2.75) is 38.8 Å². The van der Waals surface area contributed by atoms with Crippen molar-refractivity contribution in [3.05, 3.63) is 35.5 Å². The Hall–Kier alpha value is -2.42. The van der Waals surface area contributed by atoms with Crippen LogP contribution in [-0.2, 0) is 13.0 Å². The number of hydrogen-bond donors (Lipinski definition) is 1. The SMILES string of the molecule is CCc1nc2n(n1)CCCC2Nc1ccc(C#N)cn1. The Balaban J connectivity index is 1.81. The van der Waals surface area contributed by atoms with Gasteiger partial charge in [0.1, 0.15) is 17.7 Å². The highest BCUT2D eigenvalue weighted by Gasteiger charge is 2.24. The van der Waals surface area contributed by atoms with Gasteiger partial charge in [-0.15, -0.1) is 0 Å². The zero-order valence-corrected chi connectivity index (χ0v) is 11.4. The van der Waals surface area contributed by atoms with Gasteiger partial charge in [0.25, 0.3) is 0 Å². The molecule has 2 aromatic rings. The van der Waals surface area contributed by atoms with E-state index in [9.17, 15) is 0 Å². The Morgan fingerprint density at radius 1 is 1.50 bits per heavy atom. The van der Waals surface area contributed by atoms with Gasteiger partial charge in [-0.1, -0.05) is 6.92 Å². The van der Waals surface area contributed by atoms with Gasteiger partial charge in [-0.25, -0.2) is 14.6 Å².